The lowest BCUT2D eigenvalue weighted by Crippen LogP contribution is -2.39. The van der Waals surface area contributed by atoms with E-state index in [-0.39, 0.29) is 11.9 Å². The maximum Gasteiger partial charge on any atom is 0.318 e. The summed E-state index contributed by atoms with van der Waals surface area (Å²) in [5, 5.41) is 4.56. The molecule has 0 saturated heterocycles. The van der Waals surface area contributed by atoms with Crippen molar-refractivity contribution in [3.05, 3.63) is 69.7 Å². The Labute approximate surface area is 204 Å². The molecule has 33 heavy (non-hydrogen) atoms. The third-order valence-electron chi connectivity index (χ3n) is 5.42. The van der Waals surface area contributed by atoms with Crippen molar-refractivity contribution >= 4 is 34.9 Å². The first-order valence-corrected chi connectivity index (χ1v) is 11.3. The molecule has 0 unspecified atom stereocenters. The van der Waals surface area contributed by atoms with E-state index in [1.807, 2.05) is 56.3 Å². The van der Waals surface area contributed by atoms with E-state index in [9.17, 15) is 4.79 Å². The number of hydrogen-bond acceptors (Lipinski definition) is 5. The van der Waals surface area contributed by atoms with Gasteiger partial charge in [-0.2, -0.15) is 9.97 Å². The van der Waals surface area contributed by atoms with Gasteiger partial charge in [-0.15, -0.1) is 0 Å². The van der Waals surface area contributed by atoms with Crippen molar-refractivity contribution in [2.24, 2.45) is 0 Å². The fraction of sp³-hybridized carbons (Fsp3) is 0.320. The topological polar surface area (TPSA) is 67.3 Å². The van der Waals surface area contributed by atoms with E-state index in [4.69, 9.17) is 27.9 Å². The summed E-state index contributed by atoms with van der Waals surface area (Å²) < 4.78 is 5.32. The molecule has 0 radical (unpaired) electrons. The normalized spacial score (nSPS) is 11.2. The molecule has 0 spiro atoms. The molecule has 0 bridgehead atoms. The van der Waals surface area contributed by atoms with Gasteiger partial charge < -0.3 is 15.0 Å². The molecule has 3 rings (SSSR count). The summed E-state index contributed by atoms with van der Waals surface area (Å²) in [5.74, 6) is 0.666. The van der Waals surface area contributed by atoms with Gasteiger partial charge in [0.05, 0.1) is 18.2 Å². The molecule has 0 saturated carbocycles. The summed E-state index contributed by atoms with van der Waals surface area (Å²) in [6, 6.07) is 15.4. The number of ether oxygens (including phenoxy) is 1. The molecule has 8 heteroatoms. The highest BCUT2D eigenvalue weighted by Crippen LogP contribution is 2.30. The van der Waals surface area contributed by atoms with Gasteiger partial charge in [-0.3, -0.25) is 4.79 Å². The zero-order chi connectivity index (χ0) is 24.2. The van der Waals surface area contributed by atoms with Crippen LogP contribution in [0.1, 0.15) is 25.0 Å². The molecule has 1 N–H and O–H groups in total. The number of rotatable bonds is 8. The van der Waals surface area contributed by atoms with Gasteiger partial charge in [-0.05, 0) is 49.6 Å². The lowest BCUT2D eigenvalue weighted by atomic mass is 9.82. The first kappa shape index (κ1) is 24.8. The zero-order valence-electron chi connectivity index (χ0n) is 19.4. The van der Waals surface area contributed by atoms with Gasteiger partial charge in [0.1, 0.15) is 5.82 Å². The molecule has 3 aromatic rings. The SMILES string of the molecule is COc1nc(NCCc2ccc(Cl)cc2Cl)cc(-c2cccc(C(C)(C)C(=O)N(C)C)c2)n1. The van der Waals surface area contributed by atoms with Crippen LogP contribution in [0.15, 0.2) is 48.5 Å². The third kappa shape index (κ3) is 5.95. The van der Waals surface area contributed by atoms with Crippen LogP contribution in [-0.2, 0) is 16.6 Å². The summed E-state index contributed by atoms with van der Waals surface area (Å²) in [5.41, 5.74) is 2.80. The minimum Gasteiger partial charge on any atom is -0.467 e. The predicted octanol–water partition coefficient (Wildman–Crippen LogP) is 5.48. The number of halogens is 2. The highest BCUT2D eigenvalue weighted by atomic mass is 35.5. The second kappa shape index (κ2) is 10.4. The van der Waals surface area contributed by atoms with Gasteiger partial charge in [0.2, 0.25) is 5.91 Å². The molecule has 0 aliphatic heterocycles. The Balaban J connectivity index is 1.84. The smallest absolute Gasteiger partial charge is 0.318 e. The van der Waals surface area contributed by atoms with Crippen molar-refractivity contribution in [2.75, 3.05) is 33.1 Å². The van der Waals surface area contributed by atoms with E-state index in [2.05, 4.69) is 15.3 Å². The summed E-state index contributed by atoms with van der Waals surface area (Å²) in [7, 11) is 5.06. The fourth-order valence-electron chi connectivity index (χ4n) is 3.55. The first-order chi connectivity index (χ1) is 15.6. The van der Waals surface area contributed by atoms with Gasteiger partial charge in [0, 0.05) is 42.3 Å². The van der Waals surface area contributed by atoms with Crippen LogP contribution < -0.4 is 10.1 Å². The van der Waals surface area contributed by atoms with Gasteiger partial charge in [0.25, 0.3) is 0 Å². The first-order valence-electron chi connectivity index (χ1n) is 10.6. The van der Waals surface area contributed by atoms with Gasteiger partial charge >= 0.3 is 6.01 Å². The van der Waals surface area contributed by atoms with Crippen LogP contribution in [0.3, 0.4) is 0 Å². The standard InChI is InChI=1S/C25H28Cl2N4O2/c1-25(2,23(32)31(3)4)18-8-6-7-17(13-18)21-15-22(30-24(29-21)33-5)28-12-11-16-9-10-19(26)14-20(16)27/h6-10,13-15H,11-12H2,1-5H3,(H,28,29,30). The highest BCUT2D eigenvalue weighted by molar-refractivity contribution is 6.35. The number of nitrogens with one attached hydrogen (secondary N) is 1. The average Bonchev–Trinajstić information content (AvgIpc) is 2.79. The summed E-state index contributed by atoms with van der Waals surface area (Å²) in [4.78, 5) is 23.2. The Morgan fingerprint density at radius 3 is 2.52 bits per heavy atom. The van der Waals surface area contributed by atoms with Crippen molar-refractivity contribution in [2.45, 2.75) is 25.7 Å². The number of anilines is 1. The number of aromatic nitrogens is 2. The van der Waals surface area contributed by atoms with Crippen molar-refractivity contribution in [3.8, 4) is 17.3 Å². The number of likely N-dealkylation sites (N-methyl/N-ethyl adjacent to an activating group) is 1. The number of carbonyl (C=O) groups is 1. The molecular weight excluding hydrogens is 459 g/mol. The Kier molecular flexibility index (Phi) is 7.82. The molecule has 6 nitrogen and oxygen atoms in total. The van der Waals surface area contributed by atoms with E-state index in [1.165, 1.54) is 7.11 Å². The van der Waals surface area contributed by atoms with Crippen LogP contribution in [0.5, 0.6) is 6.01 Å². The second-order valence-electron chi connectivity index (χ2n) is 8.44. The van der Waals surface area contributed by atoms with E-state index in [0.29, 0.717) is 34.5 Å². The number of amides is 1. The largest absolute Gasteiger partial charge is 0.467 e. The number of benzene rings is 2. The average molecular weight is 487 g/mol. The molecule has 0 aliphatic carbocycles. The van der Waals surface area contributed by atoms with Crippen LogP contribution >= 0.6 is 23.2 Å². The van der Waals surface area contributed by atoms with Crippen molar-refractivity contribution in [1.82, 2.24) is 14.9 Å². The zero-order valence-corrected chi connectivity index (χ0v) is 21.0. The van der Waals surface area contributed by atoms with E-state index in [1.54, 1.807) is 25.1 Å². The van der Waals surface area contributed by atoms with Crippen molar-refractivity contribution < 1.29 is 9.53 Å². The predicted molar refractivity (Wildman–Crippen MR) is 134 cm³/mol. The molecule has 1 amide bonds. The van der Waals surface area contributed by atoms with Gasteiger partial charge in [-0.1, -0.05) is 47.5 Å². The van der Waals surface area contributed by atoms with Crippen LogP contribution in [0.4, 0.5) is 5.82 Å². The lowest BCUT2D eigenvalue weighted by Gasteiger charge is -2.28. The van der Waals surface area contributed by atoms with Gasteiger partial charge in [-0.25, -0.2) is 0 Å². The molecule has 1 aromatic heterocycles. The van der Waals surface area contributed by atoms with Crippen molar-refractivity contribution in [1.29, 1.82) is 0 Å². The third-order valence-corrected chi connectivity index (χ3v) is 6.01. The molecule has 0 atom stereocenters. The molecule has 2 aromatic carbocycles. The Bertz CT molecular complexity index is 1150. The van der Waals surface area contributed by atoms with E-state index >= 15 is 0 Å². The Morgan fingerprint density at radius 1 is 1.09 bits per heavy atom. The van der Waals surface area contributed by atoms with E-state index in [0.717, 1.165) is 16.7 Å². The number of nitrogens with zero attached hydrogens (tertiary/aromatic N) is 3. The summed E-state index contributed by atoms with van der Waals surface area (Å²) >= 11 is 12.2. The Morgan fingerprint density at radius 2 is 1.85 bits per heavy atom. The number of carbonyl (C=O) groups excluding carboxylic acids is 1. The monoisotopic (exact) mass is 486 g/mol. The summed E-state index contributed by atoms with van der Waals surface area (Å²) in [6.45, 7) is 4.46. The van der Waals surface area contributed by atoms with Crippen LogP contribution in [0, 0.1) is 0 Å². The van der Waals surface area contributed by atoms with Gasteiger partial charge in [0.15, 0.2) is 0 Å². The molecule has 0 fully saturated rings. The molecule has 1 heterocycles. The van der Waals surface area contributed by atoms with Crippen molar-refractivity contribution in [3.63, 3.8) is 0 Å². The number of methoxy groups -OCH3 is 1. The minimum atomic E-state index is -0.671. The highest BCUT2D eigenvalue weighted by Gasteiger charge is 2.31. The molecule has 174 valence electrons. The summed E-state index contributed by atoms with van der Waals surface area (Å²) in [6.07, 6.45) is 0.702. The second-order valence-corrected chi connectivity index (χ2v) is 9.29. The maximum atomic E-state index is 12.7. The minimum absolute atomic E-state index is 0.0307. The van der Waals surface area contributed by atoms with Crippen LogP contribution in [0.25, 0.3) is 11.3 Å². The number of hydrogen-bond donors (Lipinski definition) is 1. The molecule has 0 aliphatic rings. The Hall–Kier alpha value is -2.83. The van der Waals surface area contributed by atoms with Crippen LogP contribution in [-0.4, -0.2) is 48.5 Å². The molecular formula is C25H28Cl2N4O2. The quantitative estimate of drug-likeness (QED) is 0.456. The lowest BCUT2D eigenvalue weighted by molar-refractivity contribution is -0.133. The fourth-order valence-corrected chi connectivity index (χ4v) is 4.06. The maximum absolute atomic E-state index is 12.7. The van der Waals surface area contributed by atoms with E-state index < -0.39 is 5.41 Å². The van der Waals surface area contributed by atoms with Crippen LogP contribution in [0.2, 0.25) is 10.0 Å².